The van der Waals surface area contributed by atoms with Gasteiger partial charge in [0, 0.05) is 64.5 Å². The van der Waals surface area contributed by atoms with Crippen molar-refractivity contribution in [3.8, 4) is 0 Å². The summed E-state index contributed by atoms with van der Waals surface area (Å²) in [6, 6.07) is 0.650. The number of likely N-dealkylation sites (tertiary alicyclic amines) is 1. The molecule has 7 heteroatoms. The molecule has 2 saturated heterocycles. The van der Waals surface area contributed by atoms with E-state index < -0.39 is 0 Å². The molecule has 2 fully saturated rings. The predicted molar refractivity (Wildman–Crippen MR) is 110 cm³/mol. The molecule has 0 saturated carbocycles. The Morgan fingerprint density at radius 1 is 1.15 bits per heavy atom. The van der Waals surface area contributed by atoms with E-state index in [9.17, 15) is 5.11 Å². The van der Waals surface area contributed by atoms with Crippen molar-refractivity contribution in [2.24, 2.45) is 13.0 Å². The molecule has 154 valence electrons. The Morgan fingerprint density at radius 2 is 1.89 bits per heavy atom. The molecule has 2 aliphatic rings. The SMILES string of the molecule is CCc1nn(C)c(Cl)c1CN1CC[C@H](N2CCN(C)CC2)[C@H](CCCO)C1. The van der Waals surface area contributed by atoms with Crippen molar-refractivity contribution in [1.82, 2.24) is 24.5 Å². The fourth-order valence-corrected chi connectivity index (χ4v) is 4.98. The average Bonchev–Trinajstić information content (AvgIpc) is 2.95. The largest absolute Gasteiger partial charge is 0.396 e. The maximum Gasteiger partial charge on any atom is 0.131 e. The van der Waals surface area contributed by atoms with E-state index in [0.29, 0.717) is 18.6 Å². The number of nitrogens with zero attached hydrogens (tertiary/aromatic N) is 5. The molecule has 0 bridgehead atoms. The first-order valence-electron chi connectivity index (χ1n) is 10.5. The fourth-order valence-electron chi connectivity index (χ4n) is 4.77. The lowest BCUT2D eigenvalue weighted by molar-refractivity contribution is 0.0211. The zero-order valence-corrected chi connectivity index (χ0v) is 18.0. The van der Waals surface area contributed by atoms with Crippen molar-refractivity contribution in [1.29, 1.82) is 0 Å². The molecule has 1 aromatic rings. The molecule has 3 heterocycles. The van der Waals surface area contributed by atoms with Crippen LogP contribution in [0.25, 0.3) is 0 Å². The molecule has 3 rings (SSSR count). The normalized spacial score (nSPS) is 26.0. The van der Waals surface area contributed by atoms with Crippen molar-refractivity contribution < 1.29 is 5.11 Å². The first-order chi connectivity index (χ1) is 13.0. The number of piperidine rings is 1. The minimum absolute atomic E-state index is 0.292. The molecule has 1 N–H and O–H groups in total. The van der Waals surface area contributed by atoms with Gasteiger partial charge in [-0.1, -0.05) is 18.5 Å². The van der Waals surface area contributed by atoms with E-state index in [2.05, 4.69) is 33.8 Å². The van der Waals surface area contributed by atoms with Gasteiger partial charge >= 0.3 is 0 Å². The van der Waals surface area contributed by atoms with E-state index in [0.717, 1.165) is 62.8 Å². The zero-order chi connectivity index (χ0) is 19.4. The Bertz CT molecular complexity index is 599. The highest BCUT2D eigenvalue weighted by atomic mass is 35.5. The van der Waals surface area contributed by atoms with E-state index in [1.807, 2.05) is 7.05 Å². The highest BCUT2D eigenvalue weighted by molar-refractivity contribution is 6.30. The monoisotopic (exact) mass is 397 g/mol. The molecule has 2 atom stereocenters. The first kappa shape index (κ1) is 21.1. The molecule has 0 amide bonds. The van der Waals surface area contributed by atoms with Gasteiger partial charge in [0.05, 0.1) is 5.69 Å². The van der Waals surface area contributed by atoms with Gasteiger partial charge in [-0.25, -0.2) is 0 Å². The minimum Gasteiger partial charge on any atom is -0.396 e. The summed E-state index contributed by atoms with van der Waals surface area (Å²) >= 11 is 6.52. The molecule has 0 spiro atoms. The van der Waals surface area contributed by atoms with Crippen LogP contribution in [0.4, 0.5) is 0 Å². The lowest BCUT2D eigenvalue weighted by Crippen LogP contribution is -2.56. The van der Waals surface area contributed by atoms with E-state index in [-0.39, 0.29) is 0 Å². The lowest BCUT2D eigenvalue weighted by Gasteiger charge is -2.46. The lowest BCUT2D eigenvalue weighted by atomic mass is 9.86. The Morgan fingerprint density at radius 3 is 2.56 bits per heavy atom. The van der Waals surface area contributed by atoms with Crippen LogP contribution < -0.4 is 0 Å². The van der Waals surface area contributed by atoms with E-state index in [1.54, 1.807) is 4.68 Å². The van der Waals surface area contributed by atoms with Gasteiger partial charge in [0.25, 0.3) is 0 Å². The number of hydrogen-bond acceptors (Lipinski definition) is 5. The standard InChI is InChI=1S/C20H36ClN5O/c1-4-18-17(20(21)24(3)22-18)15-25-8-7-19(16(14-25)6-5-13-27)26-11-9-23(2)10-12-26/h16,19,27H,4-15H2,1-3H3/t16-,19+/m1/s1. The minimum atomic E-state index is 0.292. The van der Waals surface area contributed by atoms with Crippen LogP contribution >= 0.6 is 11.6 Å². The van der Waals surface area contributed by atoms with Crippen LogP contribution in [0.5, 0.6) is 0 Å². The summed E-state index contributed by atoms with van der Waals surface area (Å²) in [5, 5.41) is 14.7. The van der Waals surface area contributed by atoms with Gasteiger partial charge in [-0.05, 0) is 45.2 Å². The smallest absolute Gasteiger partial charge is 0.131 e. The van der Waals surface area contributed by atoms with Crippen LogP contribution in [0, 0.1) is 5.92 Å². The van der Waals surface area contributed by atoms with Gasteiger partial charge < -0.3 is 10.0 Å². The van der Waals surface area contributed by atoms with Crippen LogP contribution in [-0.2, 0) is 20.0 Å². The molecule has 6 nitrogen and oxygen atoms in total. The molecule has 0 aliphatic carbocycles. The molecular weight excluding hydrogens is 362 g/mol. The van der Waals surface area contributed by atoms with Crippen LogP contribution in [0.15, 0.2) is 0 Å². The summed E-state index contributed by atoms with van der Waals surface area (Å²) in [7, 11) is 4.14. The number of likely N-dealkylation sites (N-methyl/N-ethyl adjacent to an activating group) is 1. The number of halogens is 1. The number of aliphatic hydroxyl groups is 1. The summed E-state index contributed by atoms with van der Waals surface area (Å²) in [6.45, 7) is 10.2. The quantitative estimate of drug-likeness (QED) is 0.760. The number of piperazine rings is 1. The van der Waals surface area contributed by atoms with Crippen LogP contribution in [0.2, 0.25) is 5.15 Å². The maximum absolute atomic E-state index is 9.37. The first-order valence-corrected chi connectivity index (χ1v) is 10.9. The predicted octanol–water partition coefficient (Wildman–Crippen LogP) is 1.85. The van der Waals surface area contributed by atoms with Crippen LogP contribution in [-0.4, -0.2) is 88.6 Å². The van der Waals surface area contributed by atoms with Crippen molar-refractivity contribution in [2.45, 2.75) is 45.2 Å². The summed E-state index contributed by atoms with van der Waals surface area (Å²) in [5.74, 6) is 0.620. The average molecular weight is 398 g/mol. The highest BCUT2D eigenvalue weighted by Crippen LogP contribution is 2.30. The third kappa shape index (κ3) is 5.04. The number of rotatable bonds is 7. The number of hydrogen-bond donors (Lipinski definition) is 1. The van der Waals surface area contributed by atoms with Crippen molar-refractivity contribution in [2.75, 3.05) is 52.9 Å². The van der Waals surface area contributed by atoms with Crippen molar-refractivity contribution in [3.63, 3.8) is 0 Å². The number of aryl methyl sites for hydroxylation is 2. The number of aromatic nitrogens is 2. The molecule has 0 unspecified atom stereocenters. The van der Waals surface area contributed by atoms with E-state index in [4.69, 9.17) is 11.6 Å². The third-order valence-electron chi connectivity index (χ3n) is 6.39. The Hall–Kier alpha value is -0.660. The Balaban J connectivity index is 1.67. The molecule has 0 aromatic carbocycles. The Labute approximate surface area is 169 Å². The molecule has 2 aliphatic heterocycles. The zero-order valence-electron chi connectivity index (χ0n) is 17.2. The summed E-state index contributed by atoms with van der Waals surface area (Å²) in [4.78, 5) is 7.68. The van der Waals surface area contributed by atoms with E-state index in [1.165, 1.54) is 25.1 Å². The highest BCUT2D eigenvalue weighted by Gasteiger charge is 2.34. The van der Waals surface area contributed by atoms with Gasteiger partial charge in [0.1, 0.15) is 5.15 Å². The second kappa shape index (κ2) is 9.70. The molecule has 0 radical (unpaired) electrons. The van der Waals surface area contributed by atoms with Gasteiger partial charge in [-0.15, -0.1) is 0 Å². The van der Waals surface area contributed by atoms with Crippen molar-refractivity contribution >= 4 is 11.6 Å². The fraction of sp³-hybridized carbons (Fsp3) is 0.850. The summed E-state index contributed by atoms with van der Waals surface area (Å²) in [6.07, 6.45) is 4.13. The van der Waals surface area contributed by atoms with E-state index >= 15 is 0 Å². The maximum atomic E-state index is 9.37. The van der Waals surface area contributed by atoms with Gasteiger partial charge in [-0.2, -0.15) is 5.10 Å². The Kier molecular flexibility index (Phi) is 7.57. The van der Waals surface area contributed by atoms with Gasteiger partial charge in [0.2, 0.25) is 0 Å². The second-order valence-corrected chi connectivity index (χ2v) is 8.61. The van der Waals surface area contributed by atoms with Crippen LogP contribution in [0.3, 0.4) is 0 Å². The summed E-state index contributed by atoms with van der Waals surface area (Å²) < 4.78 is 1.80. The molecular formula is C20H36ClN5O. The molecule has 27 heavy (non-hydrogen) atoms. The topological polar surface area (TPSA) is 47.8 Å². The third-order valence-corrected chi connectivity index (χ3v) is 6.86. The molecule has 1 aromatic heterocycles. The van der Waals surface area contributed by atoms with Gasteiger partial charge in [-0.3, -0.25) is 14.5 Å². The van der Waals surface area contributed by atoms with Crippen molar-refractivity contribution in [3.05, 3.63) is 16.4 Å². The summed E-state index contributed by atoms with van der Waals surface area (Å²) in [5.41, 5.74) is 2.32. The second-order valence-electron chi connectivity index (χ2n) is 8.25. The van der Waals surface area contributed by atoms with Crippen LogP contribution in [0.1, 0.15) is 37.4 Å². The number of aliphatic hydroxyl groups excluding tert-OH is 1. The van der Waals surface area contributed by atoms with Gasteiger partial charge in [0.15, 0.2) is 0 Å².